The average Bonchev–Trinajstić information content (AvgIpc) is 3.46. The number of carbonyl (C=O) groups excluding carboxylic acids is 3. The fourth-order valence-corrected chi connectivity index (χ4v) is 7.21. The Bertz CT molecular complexity index is 1510. The Balaban J connectivity index is 1.26. The van der Waals surface area contributed by atoms with E-state index >= 15 is 0 Å². The Morgan fingerprint density at radius 2 is 1.86 bits per heavy atom. The van der Waals surface area contributed by atoms with Crippen LogP contribution in [0.25, 0.3) is 21.8 Å². The number of likely N-dealkylation sites (tertiary alicyclic amines) is 1. The first-order valence-corrected chi connectivity index (χ1v) is 15.7. The summed E-state index contributed by atoms with van der Waals surface area (Å²) in [5.74, 6) is 0.824. The molecule has 2 fully saturated rings. The number of anilines is 1. The van der Waals surface area contributed by atoms with Gasteiger partial charge in [0.1, 0.15) is 11.5 Å². The standard InChI is InChI=1S/C33H41N5O4S/c1-20(39)26-14-22(33(26,2)3)15-31(40)35-23-16-30(43-19-23)28-18-34-17-27(36-28)21-7-8-25(29(13-21)42-6)32(41)38(5)24-9-11-37(4)12-10-24/h7-8,13,16-19,22,24,26H,9-12,14-15H2,1-6H3,(H,35,40). The van der Waals surface area contributed by atoms with Gasteiger partial charge >= 0.3 is 0 Å². The lowest BCUT2D eigenvalue weighted by Gasteiger charge is -2.51. The molecule has 1 saturated heterocycles. The smallest absolute Gasteiger partial charge is 0.257 e. The summed E-state index contributed by atoms with van der Waals surface area (Å²) >= 11 is 1.48. The molecule has 0 radical (unpaired) electrons. The van der Waals surface area contributed by atoms with E-state index < -0.39 is 0 Å². The van der Waals surface area contributed by atoms with Crippen molar-refractivity contribution in [3.05, 3.63) is 47.6 Å². The first kappa shape index (κ1) is 30.8. The maximum atomic E-state index is 13.4. The van der Waals surface area contributed by atoms with Crippen LogP contribution in [0.3, 0.4) is 0 Å². The van der Waals surface area contributed by atoms with Crippen LogP contribution < -0.4 is 10.1 Å². The number of hydrogen-bond acceptors (Lipinski definition) is 8. The number of rotatable bonds is 9. The van der Waals surface area contributed by atoms with Gasteiger partial charge in [-0.3, -0.25) is 19.4 Å². The third-order valence-corrected chi connectivity index (χ3v) is 10.4. The van der Waals surface area contributed by atoms with E-state index in [1.807, 2.05) is 35.5 Å². The van der Waals surface area contributed by atoms with E-state index in [9.17, 15) is 14.4 Å². The Morgan fingerprint density at radius 1 is 1.14 bits per heavy atom. The Labute approximate surface area is 257 Å². The van der Waals surface area contributed by atoms with Crippen molar-refractivity contribution in [1.29, 1.82) is 0 Å². The van der Waals surface area contributed by atoms with E-state index in [1.54, 1.807) is 32.5 Å². The van der Waals surface area contributed by atoms with Crippen molar-refractivity contribution in [2.24, 2.45) is 17.3 Å². The molecule has 1 saturated carbocycles. The molecule has 3 aromatic rings. The highest BCUT2D eigenvalue weighted by Crippen LogP contribution is 2.53. The van der Waals surface area contributed by atoms with E-state index in [2.05, 4.69) is 36.1 Å². The van der Waals surface area contributed by atoms with Gasteiger partial charge in [-0.2, -0.15) is 0 Å². The molecule has 5 rings (SSSR count). The molecule has 228 valence electrons. The number of carbonyl (C=O) groups is 3. The first-order valence-electron chi connectivity index (χ1n) is 14.8. The highest BCUT2D eigenvalue weighted by Gasteiger charge is 2.50. The number of ketones is 1. The lowest BCUT2D eigenvalue weighted by atomic mass is 9.52. The number of nitrogens with one attached hydrogen (secondary N) is 1. The van der Waals surface area contributed by atoms with Gasteiger partial charge in [0.25, 0.3) is 5.91 Å². The van der Waals surface area contributed by atoms with Gasteiger partial charge < -0.3 is 19.9 Å². The molecular weight excluding hydrogens is 562 g/mol. The number of methoxy groups -OCH3 is 1. The van der Waals surface area contributed by atoms with Gasteiger partial charge in [-0.05, 0) is 75.9 Å². The van der Waals surface area contributed by atoms with Gasteiger partial charge in [-0.25, -0.2) is 4.98 Å². The minimum atomic E-state index is -0.157. The van der Waals surface area contributed by atoms with Crippen LogP contribution >= 0.6 is 11.3 Å². The molecule has 2 aromatic heterocycles. The highest BCUT2D eigenvalue weighted by atomic mass is 32.1. The maximum Gasteiger partial charge on any atom is 0.257 e. The quantitative estimate of drug-likeness (QED) is 0.338. The van der Waals surface area contributed by atoms with E-state index in [4.69, 9.17) is 9.72 Å². The van der Waals surface area contributed by atoms with Crippen molar-refractivity contribution in [1.82, 2.24) is 19.8 Å². The van der Waals surface area contributed by atoms with Crippen LogP contribution in [0.15, 0.2) is 42.0 Å². The molecule has 1 aromatic carbocycles. The van der Waals surface area contributed by atoms with Crippen molar-refractivity contribution in [3.8, 4) is 27.6 Å². The molecule has 3 heterocycles. The van der Waals surface area contributed by atoms with Crippen LogP contribution in [0.5, 0.6) is 5.75 Å². The first-order chi connectivity index (χ1) is 20.5. The predicted octanol–water partition coefficient (Wildman–Crippen LogP) is 5.63. The van der Waals surface area contributed by atoms with Gasteiger partial charge in [-0.15, -0.1) is 11.3 Å². The minimum absolute atomic E-state index is 0.0333. The summed E-state index contributed by atoms with van der Waals surface area (Å²) in [6, 6.07) is 7.63. The molecule has 0 bridgehead atoms. The second kappa shape index (κ2) is 12.5. The van der Waals surface area contributed by atoms with Crippen molar-refractivity contribution in [2.45, 2.75) is 52.5 Å². The minimum Gasteiger partial charge on any atom is -0.496 e. The second-order valence-corrected chi connectivity index (χ2v) is 13.4. The molecule has 2 unspecified atom stereocenters. The van der Waals surface area contributed by atoms with Crippen LogP contribution in [0.2, 0.25) is 0 Å². The summed E-state index contributed by atoms with van der Waals surface area (Å²) in [6.45, 7) is 7.74. The molecule has 10 heteroatoms. The molecule has 0 spiro atoms. The third-order valence-electron chi connectivity index (χ3n) is 9.45. The lowest BCUT2D eigenvalue weighted by Crippen LogP contribution is -2.49. The van der Waals surface area contributed by atoms with Crippen molar-refractivity contribution >= 4 is 34.6 Å². The fraction of sp³-hybridized carbons (Fsp3) is 0.485. The molecule has 43 heavy (non-hydrogen) atoms. The SMILES string of the molecule is COc1cc(-c2cncc(-c3cc(NC(=O)CC4CC(C(C)=O)C4(C)C)cs3)n2)ccc1C(=O)N(C)C1CCN(C)CC1. The van der Waals surface area contributed by atoms with Gasteiger partial charge in [0.05, 0.1) is 47.0 Å². The molecule has 1 aliphatic carbocycles. The summed E-state index contributed by atoms with van der Waals surface area (Å²) in [4.78, 5) is 52.3. The second-order valence-electron chi connectivity index (χ2n) is 12.5. The predicted molar refractivity (Wildman–Crippen MR) is 169 cm³/mol. The molecule has 1 aliphatic heterocycles. The number of thiophene rings is 1. The van der Waals surface area contributed by atoms with E-state index in [1.165, 1.54) is 11.3 Å². The number of amides is 2. The van der Waals surface area contributed by atoms with Crippen molar-refractivity contribution in [3.63, 3.8) is 0 Å². The number of aromatic nitrogens is 2. The number of Topliss-reactive ketones (excluding diaryl/α,β-unsaturated/α-hetero) is 1. The number of hydrogen-bond donors (Lipinski definition) is 1. The monoisotopic (exact) mass is 603 g/mol. The topological polar surface area (TPSA) is 105 Å². The van der Waals surface area contributed by atoms with Crippen LogP contribution in [0.1, 0.15) is 56.8 Å². The Hall–Kier alpha value is -3.63. The number of piperidine rings is 1. The normalized spacial score (nSPS) is 20.2. The third kappa shape index (κ3) is 6.50. The molecule has 9 nitrogen and oxygen atoms in total. The molecule has 2 atom stereocenters. The Kier molecular flexibility index (Phi) is 8.99. The van der Waals surface area contributed by atoms with Crippen LogP contribution in [0, 0.1) is 17.3 Å². The van der Waals surface area contributed by atoms with Crippen molar-refractivity contribution < 1.29 is 19.1 Å². The summed E-state index contributed by atoms with van der Waals surface area (Å²) in [7, 11) is 5.55. The van der Waals surface area contributed by atoms with Crippen LogP contribution in [-0.2, 0) is 9.59 Å². The van der Waals surface area contributed by atoms with Crippen LogP contribution in [0.4, 0.5) is 5.69 Å². The molecule has 2 aliphatic rings. The average molecular weight is 604 g/mol. The summed E-state index contributed by atoms with van der Waals surface area (Å²) < 4.78 is 5.65. The van der Waals surface area contributed by atoms with Gasteiger partial charge in [0, 0.05) is 36.4 Å². The zero-order valence-corrected chi connectivity index (χ0v) is 26.7. The number of benzene rings is 1. The molecule has 2 amide bonds. The highest BCUT2D eigenvalue weighted by molar-refractivity contribution is 7.14. The number of ether oxygens (including phenoxy) is 1. The molecule has 1 N–H and O–H groups in total. The molecular formula is C33H41N5O4S. The zero-order valence-electron chi connectivity index (χ0n) is 25.8. The fourth-order valence-electron chi connectivity index (χ4n) is 6.41. The Morgan fingerprint density at radius 3 is 2.53 bits per heavy atom. The zero-order chi connectivity index (χ0) is 30.9. The van der Waals surface area contributed by atoms with Gasteiger partial charge in [-0.1, -0.05) is 19.9 Å². The van der Waals surface area contributed by atoms with Gasteiger partial charge in [0.15, 0.2) is 0 Å². The number of nitrogens with zero attached hydrogens (tertiary/aromatic N) is 4. The van der Waals surface area contributed by atoms with E-state index in [0.717, 1.165) is 48.5 Å². The summed E-state index contributed by atoms with van der Waals surface area (Å²) in [6.07, 6.45) is 6.46. The van der Waals surface area contributed by atoms with Crippen LogP contribution in [-0.4, -0.2) is 77.7 Å². The summed E-state index contributed by atoms with van der Waals surface area (Å²) in [5, 5.41) is 4.91. The largest absolute Gasteiger partial charge is 0.496 e. The maximum absolute atomic E-state index is 13.4. The van der Waals surface area contributed by atoms with Crippen molar-refractivity contribution in [2.75, 3.05) is 39.6 Å². The van der Waals surface area contributed by atoms with E-state index in [0.29, 0.717) is 29.1 Å². The lowest BCUT2D eigenvalue weighted by molar-refractivity contribution is -0.139. The van der Waals surface area contributed by atoms with E-state index in [-0.39, 0.29) is 40.9 Å². The van der Waals surface area contributed by atoms with Gasteiger partial charge in [0.2, 0.25) is 5.91 Å². The summed E-state index contributed by atoms with van der Waals surface area (Å²) in [5.41, 5.74) is 3.23.